The van der Waals surface area contributed by atoms with E-state index >= 15 is 0 Å². The lowest BCUT2D eigenvalue weighted by Crippen LogP contribution is -2.34. The molecular weight excluding hydrogens is 470 g/mol. The number of aromatic nitrogens is 2. The molecule has 2 aliphatic rings. The van der Waals surface area contributed by atoms with Crippen LogP contribution >= 0.6 is 0 Å². The Hall–Kier alpha value is -3.35. The number of nitrogens with zero attached hydrogens (tertiary/aromatic N) is 3. The molecule has 7 nitrogen and oxygen atoms in total. The molecule has 2 N–H and O–H groups in total. The van der Waals surface area contributed by atoms with E-state index < -0.39 is 42.0 Å². The van der Waals surface area contributed by atoms with Crippen LogP contribution in [-0.4, -0.2) is 44.8 Å². The Balaban J connectivity index is 1.84. The van der Waals surface area contributed by atoms with Gasteiger partial charge in [0.15, 0.2) is 5.69 Å². The number of anilines is 1. The standard InChI is InChI=1S/C21H18F6N4O3/c22-20(23,24)11-5-6-16(13(9-11)28-14-10-17(33)30(7-8-32)19(14)34)31-15-4-2-1-3-12(15)18(29-31)21(25,26)27/h5-6,9-10,28,32H,1-4,7-8H2. The monoisotopic (exact) mass is 488 g/mol. The summed E-state index contributed by atoms with van der Waals surface area (Å²) in [5.74, 6) is -1.67. The molecule has 13 heteroatoms. The van der Waals surface area contributed by atoms with Gasteiger partial charge in [-0.05, 0) is 43.9 Å². The fraction of sp³-hybridized carbons (Fsp3) is 0.381. The summed E-state index contributed by atoms with van der Waals surface area (Å²) >= 11 is 0. The van der Waals surface area contributed by atoms with Crippen molar-refractivity contribution in [3.8, 4) is 5.69 Å². The first-order valence-corrected chi connectivity index (χ1v) is 10.3. The second-order valence-corrected chi connectivity index (χ2v) is 7.82. The van der Waals surface area contributed by atoms with Gasteiger partial charge in [-0.25, -0.2) is 4.68 Å². The average molecular weight is 488 g/mol. The number of aliphatic hydroxyl groups excluding tert-OH is 1. The summed E-state index contributed by atoms with van der Waals surface area (Å²) in [5.41, 5.74) is -2.86. The van der Waals surface area contributed by atoms with Crippen molar-refractivity contribution in [2.45, 2.75) is 38.0 Å². The van der Waals surface area contributed by atoms with Crippen LogP contribution in [0.2, 0.25) is 0 Å². The van der Waals surface area contributed by atoms with Gasteiger partial charge in [-0.1, -0.05) is 0 Å². The number of β-amino-alcohol motifs (C(OH)–C–C–N with tert-alkyl or cyclic N) is 1. The number of halogens is 6. The molecule has 0 saturated carbocycles. The highest BCUT2D eigenvalue weighted by atomic mass is 19.4. The van der Waals surface area contributed by atoms with E-state index in [9.17, 15) is 35.9 Å². The molecule has 34 heavy (non-hydrogen) atoms. The molecule has 0 spiro atoms. The van der Waals surface area contributed by atoms with E-state index in [-0.39, 0.29) is 47.7 Å². The number of carbonyl (C=O) groups is 2. The summed E-state index contributed by atoms with van der Waals surface area (Å²) < 4.78 is 81.9. The zero-order chi connectivity index (χ0) is 24.8. The van der Waals surface area contributed by atoms with Crippen LogP contribution in [0.25, 0.3) is 5.69 Å². The number of fused-ring (bicyclic) bond motifs is 1. The maximum atomic E-state index is 13.6. The lowest BCUT2D eigenvalue weighted by Gasteiger charge is -2.19. The molecule has 1 aliphatic carbocycles. The minimum atomic E-state index is -4.78. The van der Waals surface area contributed by atoms with Gasteiger partial charge in [0, 0.05) is 17.3 Å². The molecule has 0 fully saturated rings. The Kier molecular flexibility index (Phi) is 5.92. The molecular formula is C21H18F6N4O3. The number of carbonyl (C=O) groups excluding carboxylic acids is 2. The minimum absolute atomic E-state index is 0.00921. The maximum absolute atomic E-state index is 13.6. The van der Waals surface area contributed by atoms with Gasteiger partial charge in [0.2, 0.25) is 0 Å². The number of nitrogens with one attached hydrogen (secondary N) is 1. The molecule has 0 saturated heterocycles. The van der Waals surface area contributed by atoms with Crippen molar-refractivity contribution in [2.75, 3.05) is 18.5 Å². The van der Waals surface area contributed by atoms with Crippen molar-refractivity contribution in [1.29, 1.82) is 0 Å². The van der Waals surface area contributed by atoms with Gasteiger partial charge < -0.3 is 10.4 Å². The number of alkyl halides is 6. The van der Waals surface area contributed by atoms with Crippen LogP contribution in [0.5, 0.6) is 0 Å². The van der Waals surface area contributed by atoms with Gasteiger partial charge in [-0.15, -0.1) is 0 Å². The van der Waals surface area contributed by atoms with Crippen LogP contribution in [-0.2, 0) is 34.8 Å². The summed E-state index contributed by atoms with van der Waals surface area (Å²) in [6.45, 7) is -0.844. The van der Waals surface area contributed by atoms with Gasteiger partial charge in [0.25, 0.3) is 11.8 Å². The fourth-order valence-electron chi connectivity index (χ4n) is 4.08. The summed E-state index contributed by atoms with van der Waals surface area (Å²) in [4.78, 5) is 25.2. The Morgan fingerprint density at radius 1 is 1.03 bits per heavy atom. The molecule has 2 amide bonds. The van der Waals surface area contributed by atoms with Crippen molar-refractivity contribution in [1.82, 2.24) is 14.7 Å². The summed E-state index contributed by atoms with van der Waals surface area (Å²) in [6.07, 6.45) is -7.22. The Morgan fingerprint density at radius 3 is 2.38 bits per heavy atom. The third-order valence-electron chi connectivity index (χ3n) is 5.60. The Bertz CT molecular complexity index is 1180. The Morgan fingerprint density at radius 2 is 1.74 bits per heavy atom. The van der Waals surface area contributed by atoms with Crippen LogP contribution < -0.4 is 5.32 Å². The van der Waals surface area contributed by atoms with E-state index in [2.05, 4.69) is 10.4 Å². The second kappa shape index (κ2) is 8.46. The van der Waals surface area contributed by atoms with E-state index in [4.69, 9.17) is 5.11 Å². The zero-order valence-electron chi connectivity index (χ0n) is 17.4. The highest BCUT2D eigenvalue weighted by Gasteiger charge is 2.40. The van der Waals surface area contributed by atoms with Crippen LogP contribution in [0.15, 0.2) is 30.0 Å². The highest BCUT2D eigenvalue weighted by molar-refractivity contribution is 6.17. The van der Waals surface area contributed by atoms with Crippen LogP contribution in [0, 0.1) is 0 Å². The first kappa shape index (κ1) is 23.8. The number of amides is 2. The maximum Gasteiger partial charge on any atom is 0.435 e. The number of hydrogen-bond acceptors (Lipinski definition) is 5. The van der Waals surface area contributed by atoms with Crippen molar-refractivity contribution in [3.63, 3.8) is 0 Å². The second-order valence-electron chi connectivity index (χ2n) is 7.82. The van der Waals surface area contributed by atoms with E-state index in [1.165, 1.54) is 0 Å². The van der Waals surface area contributed by atoms with Gasteiger partial charge in [0.05, 0.1) is 30.1 Å². The largest absolute Gasteiger partial charge is 0.435 e. The van der Waals surface area contributed by atoms with E-state index in [0.29, 0.717) is 29.9 Å². The topological polar surface area (TPSA) is 87.5 Å². The van der Waals surface area contributed by atoms with Crippen LogP contribution in [0.4, 0.5) is 32.0 Å². The molecule has 0 atom stereocenters. The van der Waals surface area contributed by atoms with E-state index in [0.717, 1.165) is 16.8 Å². The highest BCUT2D eigenvalue weighted by Crippen LogP contribution is 2.39. The van der Waals surface area contributed by atoms with Gasteiger partial charge >= 0.3 is 12.4 Å². The number of aliphatic hydroxyl groups is 1. The molecule has 0 unspecified atom stereocenters. The quantitative estimate of drug-likeness (QED) is 0.498. The zero-order valence-corrected chi connectivity index (χ0v) is 17.4. The van der Waals surface area contributed by atoms with E-state index in [1.54, 1.807) is 0 Å². The average Bonchev–Trinajstić information content (AvgIpc) is 3.27. The SMILES string of the molecule is O=C1C=C(Nc2cc(C(F)(F)F)ccc2-n2nc(C(F)(F)F)c3c2CCCC3)C(=O)N1CCO. The third kappa shape index (κ3) is 4.27. The molecule has 1 aliphatic heterocycles. The molecule has 2 aromatic rings. The van der Waals surface area contributed by atoms with Gasteiger partial charge in [-0.3, -0.25) is 14.5 Å². The normalized spacial score (nSPS) is 16.7. The minimum Gasteiger partial charge on any atom is -0.395 e. The molecule has 0 bridgehead atoms. The number of benzene rings is 1. The van der Waals surface area contributed by atoms with Crippen molar-refractivity contribution >= 4 is 17.5 Å². The van der Waals surface area contributed by atoms with Crippen molar-refractivity contribution < 1.29 is 41.0 Å². The molecule has 182 valence electrons. The molecule has 1 aromatic heterocycles. The Labute approximate surface area is 188 Å². The lowest BCUT2D eigenvalue weighted by atomic mass is 9.95. The lowest BCUT2D eigenvalue weighted by molar-refractivity contribution is -0.142. The molecule has 2 heterocycles. The van der Waals surface area contributed by atoms with Gasteiger partial charge in [0.1, 0.15) is 5.70 Å². The van der Waals surface area contributed by atoms with Crippen molar-refractivity contribution in [2.24, 2.45) is 0 Å². The predicted octanol–water partition coefficient (Wildman–Crippen LogP) is 3.45. The third-order valence-corrected chi connectivity index (χ3v) is 5.60. The van der Waals surface area contributed by atoms with Crippen molar-refractivity contribution in [3.05, 3.63) is 52.5 Å². The number of hydrogen-bond donors (Lipinski definition) is 2. The van der Waals surface area contributed by atoms with Crippen LogP contribution in [0.1, 0.15) is 35.4 Å². The molecule has 0 radical (unpaired) electrons. The van der Waals surface area contributed by atoms with Crippen LogP contribution in [0.3, 0.4) is 0 Å². The predicted molar refractivity (Wildman–Crippen MR) is 106 cm³/mol. The number of rotatable bonds is 5. The fourth-order valence-corrected chi connectivity index (χ4v) is 4.08. The van der Waals surface area contributed by atoms with Gasteiger partial charge in [-0.2, -0.15) is 31.4 Å². The van der Waals surface area contributed by atoms with E-state index in [1.807, 2.05) is 0 Å². The molecule has 4 rings (SSSR count). The first-order chi connectivity index (χ1) is 15.9. The summed E-state index contributed by atoms with van der Waals surface area (Å²) in [6, 6.07) is 2.33. The molecule has 1 aromatic carbocycles. The number of imide groups is 1. The summed E-state index contributed by atoms with van der Waals surface area (Å²) in [7, 11) is 0. The summed E-state index contributed by atoms with van der Waals surface area (Å²) in [5, 5.41) is 15.2. The smallest absolute Gasteiger partial charge is 0.395 e. The first-order valence-electron chi connectivity index (χ1n) is 10.3.